The number of rotatable bonds is 2. The first-order valence-electron chi connectivity index (χ1n) is 6.00. The Balaban J connectivity index is 2.25. The van der Waals surface area contributed by atoms with Crippen LogP contribution in [-0.2, 0) is 0 Å². The number of nitrogens with zero attached hydrogens (tertiary/aromatic N) is 2. The fraction of sp³-hybridized carbons (Fsp3) is 0. The number of nitro benzene ring substituents is 1. The number of hydrogen-bond donors (Lipinski definition) is 1. The normalized spacial score (nSPS) is 10.4. The third-order valence-electron chi connectivity index (χ3n) is 3.13. The number of benzene rings is 1. The molecule has 2 heterocycles. The molecule has 0 unspecified atom stereocenters. The minimum atomic E-state index is -0.413. The molecule has 2 aromatic heterocycles. The summed E-state index contributed by atoms with van der Waals surface area (Å²) in [7, 11) is 0. The Kier molecular flexibility index (Phi) is 3.05. The van der Waals surface area contributed by atoms with Gasteiger partial charge in [0, 0.05) is 23.2 Å². The second-order valence-corrected chi connectivity index (χ2v) is 5.34. The molecule has 0 amide bonds. The van der Waals surface area contributed by atoms with Crippen LogP contribution in [0.2, 0.25) is 0 Å². The van der Waals surface area contributed by atoms with E-state index in [-0.39, 0.29) is 5.69 Å². The molecule has 3 rings (SSSR count). The lowest BCUT2D eigenvalue weighted by Gasteiger charge is -2.03. The van der Waals surface area contributed by atoms with Gasteiger partial charge in [0.1, 0.15) is 9.71 Å². The Labute approximate surface area is 124 Å². The molecule has 5 nitrogen and oxygen atoms in total. The van der Waals surface area contributed by atoms with E-state index in [1.54, 1.807) is 30.5 Å². The largest absolute Gasteiger partial charge is 0.396 e. The van der Waals surface area contributed by atoms with E-state index in [9.17, 15) is 10.1 Å². The maximum absolute atomic E-state index is 11.1. The molecule has 0 atom stereocenters. The molecule has 1 aromatic carbocycles. The van der Waals surface area contributed by atoms with E-state index in [0.717, 1.165) is 10.2 Å². The molecule has 21 heavy (non-hydrogen) atoms. The smallest absolute Gasteiger partial charge is 0.277 e. The minimum absolute atomic E-state index is 0.0321. The van der Waals surface area contributed by atoms with Gasteiger partial charge in [-0.05, 0) is 12.1 Å². The van der Waals surface area contributed by atoms with Crippen molar-refractivity contribution in [3.05, 3.63) is 51.5 Å². The number of nitrogens with two attached hydrogens (primary N) is 1. The lowest BCUT2D eigenvalue weighted by Crippen LogP contribution is -1.92. The van der Waals surface area contributed by atoms with Gasteiger partial charge in [0.2, 0.25) is 0 Å². The summed E-state index contributed by atoms with van der Waals surface area (Å²) >= 11 is 1.33. The highest BCUT2D eigenvalue weighted by Gasteiger charge is 2.16. The molecule has 0 fully saturated rings. The Morgan fingerprint density at radius 2 is 2.14 bits per heavy atom. The summed E-state index contributed by atoms with van der Waals surface area (Å²) in [6.07, 6.45) is 6.99. The first-order chi connectivity index (χ1) is 10.1. The number of pyridine rings is 1. The summed E-state index contributed by atoms with van der Waals surface area (Å²) in [5, 5.41) is 11.8. The quantitative estimate of drug-likeness (QED) is 0.446. The Morgan fingerprint density at radius 1 is 1.38 bits per heavy atom. The van der Waals surface area contributed by atoms with Gasteiger partial charge in [-0.2, -0.15) is 0 Å². The van der Waals surface area contributed by atoms with E-state index in [2.05, 4.69) is 10.9 Å². The van der Waals surface area contributed by atoms with E-state index in [0.29, 0.717) is 21.7 Å². The fourth-order valence-electron chi connectivity index (χ4n) is 2.13. The van der Waals surface area contributed by atoms with E-state index in [1.165, 1.54) is 17.4 Å². The number of thiophene rings is 1. The van der Waals surface area contributed by atoms with Crippen LogP contribution < -0.4 is 5.73 Å². The minimum Gasteiger partial charge on any atom is -0.396 e. The maximum atomic E-state index is 11.1. The van der Waals surface area contributed by atoms with Gasteiger partial charge in [0.25, 0.3) is 5.69 Å². The first-order valence-corrected chi connectivity index (χ1v) is 6.82. The SMILES string of the molecule is C#Cc1sc2ncc(-c3ccccc3[N+](=O)[O-])cc2c1N. The van der Waals surface area contributed by atoms with Gasteiger partial charge in [-0.25, -0.2) is 4.98 Å². The Bertz CT molecular complexity index is 909. The molecule has 0 aliphatic heterocycles. The van der Waals surface area contributed by atoms with Crippen molar-refractivity contribution in [1.29, 1.82) is 0 Å². The topological polar surface area (TPSA) is 82.0 Å². The zero-order valence-corrected chi connectivity index (χ0v) is 11.6. The molecular formula is C15H9N3O2S. The third-order valence-corrected chi connectivity index (χ3v) is 4.19. The molecule has 2 N–H and O–H groups in total. The number of aromatic nitrogens is 1. The summed E-state index contributed by atoms with van der Waals surface area (Å²) in [6.45, 7) is 0. The lowest BCUT2D eigenvalue weighted by atomic mass is 10.0. The van der Waals surface area contributed by atoms with E-state index in [1.807, 2.05) is 0 Å². The Hall–Kier alpha value is -2.91. The first kappa shape index (κ1) is 13.1. The number of terminal acetylenes is 1. The summed E-state index contributed by atoms with van der Waals surface area (Å²) in [6, 6.07) is 8.31. The summed E-state index contributed by atoms with van der Waals surface area (Å²) in [5.41, 5.74) is 7.66. The zero-order chi connectivity index (χ0) is 15.0. The van der Waals surface area contributed by atoms with Crippen LogP contribution in [0.25, 0.3) is 21.3 Å². The molecule has 0 radical (unpaired) electrons. The van der Waals surface area contributed by atoms with Crippen molar-refractivity contribution in [2.24, 2.45) is 0 Å². The average molecular weight is 295 g/mol. The second kappa shape index (κ2) is 4.89. The van der Waals surface area contributed by atoms with Crippen molar-refractivity contribution in [2.75, 3.05) is 5.73 Å². The number of nitrogen functional groups attached to an aromatic ring is 1. The highest BCUT2D eigenvalue weighted by molar-refractivity contribution is 7.19. The van der Waals surface area contributed by atoms with E-state index in [4.69, 9.17) is 12.2 Å². The molecule has 0 bridgehead atoms. The van der Waals surface area contributed by atoms with Crippen molar-refractivity contribution in [1.82, 2.24) is 4.98 Å². The van der Waals surface area contributed by atoms with Crippen LogP contribution in [0.15, 0.2) is 36.5 Å². The number of hydrogen-bond acceptors (Lipinski definition) is 5. The van der Waals surface area contributed by atoms with Gasteiger partial charge in [-0.3, -0.25) is 10.1 Å². The molecule has 0 saturated heterocycles. The van der Waals surface area contributed by atoms with Crippen molar-refractivity contribution >= 4 is 32.9 Å². The number of fused-ring (bicyclic) bond motifs is 1. The molecule has 0 spiro atoms. The molecule has 0 aliphatic rings. The van der Waals surface area contributed by atoms with Crippen LogP contribution in [0, 0.1) is 22.5 Å². The van der Waals surface area contributed by atoms with Crippen molar-refractivity contribution in [2.45, 2.75) is 0 Å². The van der Waals surface area contributed by atoms with Crippen molar-refractivity contribution < 1.29 is 4.92 Å². The number of anilines is 1. The molecule has 0 aliphatic carbocycles. The number of para-hydroxylation sites is 1. The standard InChI is InChI=1S/C15H9N3O2S/c1-2-13-14(16)11-7-9(8-17-15(11)21-13)10-5-3-4-6-12(10)18(19)20/h1,3-8H,16H2. The summed E-state index contributed by atoms with van der Waals surface area (Å²) < 4.78 is 0. The maximum Gasteiger partial charge on any atom is 0.277 e. The van der Waals surface area contributed by atoms with Gasteiger partial charge in [0.05, 0.1) is 16.2 Å². The Morgan fingerprint density at radius 3 is 2.86 bits per heavy atom. The molecule has 0 saturated carbocycles. The highest BCUT2D eigenvalue weighted by atomic mass is 32.1. The third kappa shape index (κ3) is 2.10. The number of nitro groups is 1. The predicted molar refractivity (Wildman–Crippen MR) is 84.1 cm³/mol. The van der Waals surface area contributed by atoms with Crippen LogP contribution in [-0.4, -0.2) is 9.91 Å². The highest BCUT2D eigenvalue weighted by Crippen LogP contribution is 2.36. The fourth-order valence-corrected chi connectivity index (χ4v) is 2.99. The van der Waals surface area contributed by atoms with Crippen molar-refractivity contribution in [3.8, 4) is 23.5 Å². The molecule has 3 aromatic rings. The lowest BCUT2D eigenvalue weighted by molar-refractivity contribution is -0.384. The van der Waals surface area contributed by atoms with Gasteiger partial charge < -0.3 is 5.73 Å². The van der Waals surface area contributed by atoms with Crippen LogP contribution in [0.4, 0.5) is 11.4 Å². The van der Waals surface area contributed by atoms with Gasteiger partial charge in [-0.1, -0.05) is 18.1 Å². The monoisotopic (exact) mass is 295 g/mol. The van der Waals surface area contributed by atoms with Gasteiger partial charge >= 0.3 is 0 Å². The summed E-state index contributed by atoms with van der Waals surface area (Å²) in [4.78, 5) is 16.4. The van der Waals surface area contributed by atoms with Crippen LogP contribution in [0.3, 0.4) is 0 Å². The van der Waals surface area contributed by atoms with Crippen LogP contribution >= 0.6 is 11.3 Å². The zero-order valence-electron chi connectivity index (χ0n) is 10.7. The van der Waals surface area contributed by atoms with E-state index >= 15 is 0 Å². The predicted octanol–water partition coefficient (Wildman–Crippen LogP) is 3.44. The van der Waals surface area contributed by atoms with Crippen LogP contribution in [0.1, 0.15) is 4.88 Å². The molecular weight excluding hydrogens is 286 g/mol. The molecule has 102 valence electrons. The van der Waals surface area contributed by atoms with Crippen molar-refractivity contribution in [3.63, 3.8) is 0 Å². The van der Waals surface area contributed by atoms with Gasteiger partial charge in [0.15, 0.2) is 0 Å². The van der Waals surface area contributed by atoms with Crippen LogP contribution in [0.5, 0.6) is 0 Å². The second-order valence-electron chi connectivity index (χ2n) is 4.34. The van der Waals surface area contributed by atoms with Gasteiger partial charge in [-0.15, -0.1) is 17.8 Å². The van der Waals surface area contributed by atoms with E-state index < -0.39 is 4.92 Å². The summed E-state index contributed by atoms with van der Waals surface area (Å²) in [5.74, 6) is 2.52. The molecule has 6 heteroatoms. The average Bonchev–Trinajstić information content (AvgIpc) is 2.83.